The van der Waals surface area contributed by atoms with Crippen LogP contribution in [-0.2, 0) is 0 Å². The van der Waals surface area contributed by atoms with Crippen LogP contribution in [-0.4, -0.2) is 22.4 Å². The molecule has 2 aliphatic rings. The zero-order valence-corrected chi connectivity index (χ0v) is 11.4. The van der Waals surface area contributed by atoms with E-state index in [1.807, 2.05) is 0 Å². The Hall–Kier alpha value is -0.340. The first-order valence-electron chi connectivity index (χ1n) is 6.97. The Morgan fingerprint density at radius 3 is 2.65 bits per heavy atom. The first-order valence-corrected chi connectivity index (χ1v) is 6.97. The molecular weight excluding hydrogens is 212 g/mol. The third-order valence-electron chi connectivity index (χ3n) is 5.16. The van der Waals surface area contributed by atoms with Crippen molar-refractivity contribution in [1.29, 1.82) is 0 Å². The van der Waals surface area contributed by atoms with E-state index in [0.717, 1.165) is 25.2 Å². The summed E-state index contributed by atoms with van der Waals surface area (Å²) in [6.07, 6.45) is 5.73. The van der Waals surface area contributed by atoms with Gasteiger partial charge in [0.1, 0.15) is 0 Å². The van der Waals surface area contributed by atoms with Crippen molar-refractivity contribution in [3.63, 3.8) is 0 Å². The summed E-state index contributed by atoms with van der Waals surface area (Å²) in [6, 6.07) is 0. The minimum atomic E-state index is -0.905. The van der Waals surface area contributed by atoms with E-state index in [1.54, 1.807) is 18.1 Å². The third-order valence-corrected chi connectivity index (χ3v) is 5.16. The molecule has 0 heterocycles. The van der Waals surface area contributed by atoms with Gasteiger partial charge in [0.25, 0.3) is 0 Å². The highest BCUT2D eigenvalue weighted by Gasteiger charge is 2.39. The van der Waals surface area contributed by atoms with Gasteiger partial charge in [0, 0.05) is 0 Å². The molecule has 2 aliphatic carbocycles. The molecule has 2 heteroatoms. The second-order valence-electron chi connectivity index (χ2n) is 6.41. The first-order chi connectivity index (χ1) is 7.95. The van der Waals surface area contributed by atoms with Crippen LogP contribution in [0.1, 0.15) is 52.9 Å². The van der Waals surface area contributed by atoms with E-state index in [9.17, 15) is 10.2 Å². The van der Waals surface area contributed by atoms with Gasteiger partial charge in [0.2, 0.25) is 0 Å². The maximum atomic E-state index is 10.3. The van der Waals surface area contributed by atoms with Crippen LogP contribution in [0.5, 0.6) is 0 Å². The molecule has 2 N–H and O–H groups in total. The molecule has 1 saturated carbocycles. The maximum absolute atomic E-state index is 10.3. The van der Waals surface area contributed by atoms with Gasteiger partial charge in [-0.3, -0.25) is 0 Å². The quantitative estimate of drug-likeness (QED) is 0.726. The van der Waals surface area contributed by atoms with Gasteiger partial charge in [-0.25, -0.2) is 0 Å². The lowest BCUT2D eigenvalue weighted by Crippen LogP contribution is -2.39. The Labute approximate surface area is 105 Å². The summed E-state index contributed by atoms with van der Waals surface area (Å²) in [6.45, 7) is 6.27. The van der Waals surface area contributed by atoms with Gasteiger partial charge in [-0.1, -0.05) is 18.1 Å². The zero-order chi connectivity index (χ0) is 12.6. The Morgan fingerprint density at radius 1 is 1.29 bits per heavy atom. The van der Waals surface area contributed by atoms with Crippen molar-refractivity contribution >= 4 is 0 Å². The van der Waals surface area contributed by atoms with Gasteiger partial charge in [-0.2, -0.15) is 0 Å². The summed E-state index contributed by atoms with van der Waals surface area (Å²) < 4.78 is 0. The highest BCUT2D eigenvalue weighted by Crippen LogP contribution is 2.47. The highest BCUT2D eigenvalue weighted by atomic mass is 16.3. The van der Waals surface area contributed by atoms with Crippen LogP contribution in [0.25, 0.3) is 0 Å². The van der Waals surface area contributed by atoms with Gasteiger partial charge >= 0.3 is 0 Å². The SMILES string of the molecule is CC1=C2CCC(C)C2CC(C(C)(O)CO)CC1. The standard InChI is InChI=1S/C15H26O2/c1-10-4-6-12(15(3,17)9-16)8-14-11(2)5-7-13(10)14/h11-12,14,16-17H,4-9H2,1-3H3. The van der Waals surface area contributed by atoms with Gasteiger partial charge in [-0.15, -0.1) is 0 Å². The molecule has 4 unspecified atom stereocenters. The van der Waals surface area contributed by atoms with Crippen LogP contribution < -0.4 is 0 Å². The summed E-state index contributed by atoms with van der Waals surface area (Å²) in [7, 11) is 0. The monoisotopic (exact) mass is 238 g/mol. The van der Waals surface area contributed by atoms with E-state index in [0.29, 0.717) is 5.92 Å². The number of allylic oxidation sites excluding steroid dienone is 2. The van der Waals surface area contributed by atoms with Crippen LogP contribution in [0.2, 0.25) is 0 Å². The number of aliphatic hydroxyl groups is 2. The highest BCUT2D eigenvalue weighted by molar-refractivity contribution is 5.22. The van der Waals surface area contributed by atoms with Crippen molar-refractivity contribution in [3.8, 4) is 0 Å². The summed E-state index contributed by atoms with van der Waals surface area (Å²) in [5, 5.41) is 19.6. The Morgan fingerprint density at radius 2 is 2.00 bits per heavy atom. The number of fused-ring (bicyclic) bond motifs is 1. The van der Waals surface area contributed by atoms with Gasteiger partial charge < -0.3 is 10.2 Å². The number of rotatable bonds is 2. The zero-order valence-electron chi connectivity index (χ0n) is 11.4. The fraction of sp³-hybridized carbons (Fsp3) is 0.867. The summed E-state index contributed by atoms with van der Waals surface area (Å²) in [4.78, 5) is 0. The predicted molar refractivity (Wildman–Crippen MR) is 69.6 cm³/mol. The topological polar surface area (TPSA) is 40.5 Å². The van der Waals surface area contributed by atoms with Gasteiger partial charge in [0.05, 0.1) is 12.2 Å². The third kappa shape index (κ3) is 2.43. The second-order valence-corrected chi connectivity index (χ2v) is 6.41. The van der Waals surface area contributed by atoms with Crippen LogP contribution >= 0.6 is 0 Å². The van der Waals surface area contributed by atoms with E-state index in [2.05, 4.69) is 13.8 Å². The molecule has 0 aliphatic heterocycles. The van der Waals surface area contributed by atoms with Gasteiger partial charge in [-0.05, 0) is 63.7 Å². The second kappa shape index (κ2) is 4.74. The fourth-order valence-corrected chi connectivity index (χ4v) is 3.69. The number of aliphatic hydroxyl groups excluding tert-OH is 1. The van der Waals surface area contributed by atoms with Crippen LogP contribution in [0.3, 0.4) is 0 Å². The molecule has 0 aromatic carbocycles. The van der Waals surface area contributed by atoms with Gasteiger partial charge in [0.15, 0.2) is 0 Å². The lowest BCUT2D eigenvalue weighted by molar-refractivity contribution is -0.0554. The first kappa shape index (κ1) is 13.1. The molecule has 2 rings (SSSR count). The van der Waals surface area contributed by atoms with Crippen molar-refractivity contribution in [2.24, 2.45) is 17.8 Å². The molecule has 98 valence electrons. The van der Waals surface area contributed by atoms with Crippen molar-refractivity contribution in [1.82, 2.24) is 0 Å². The molecule has 1 fully saturated rings. The van der Waals surface area contributed by atoms with E-state index in [4.69, 9.17) is 0 Å². The van der Waals surface area contributed by atoms with Crippen molar-refractivity contribution in [3.05, 3.63) is 11.1 Å². The molecule has 4 atom stereocenters. The molecule has 0 amide bonds. The largest absolute Gasteiger partial charge is 0.393 e. The molecule has 0 spiro atoms. The Kier molecular flexibility index (Phi) is 3.65. The normalized spacial score (nSPS) is 37.6. The average Bonchev–Trinajstić information content (AvgIpc) is 2.55. The van der Waals surface area contributed by atoms with E-state index < -0.39 is 5.60 Å². The number of hydrogen-bond acceptors (Lipinski definition) is 2. The van der Waals surface area contributed by atoms with E-state index in [-0.39, 0.29) is 12.5 Å². The van der Waals surface area contributed by atoms with Crippen LogP contribution in [0.4, 0.5) is 0 Å². The summed E-state index contributed by atoms with van der Waals surface area (Å²) in [5.41, 5.74) is 2.31. The molecule has 2 nitrogen and oxygen atoms in total. The molecule has 17 heavy (non-hydrogen) atoms. The lowest BCUT2D eigenvalue weighted by atomic mass is 9.78. The maximum Gasteiger partial charge on any atom is 0.0877 e. The fourth-order valence-electron chi connectivity index (χ4n) is 3.69. The molecule has 0 aromatic heterocycles. The molecule has 0 bridgehead atoms. The molecule has 0 saturated heterocycles. The Balaban J connectivity index is 2.19. The van der Waals surface area contributed by atoms with E-state index in [1.165, 1.54) is 12.8 Å². The minimum absolute atomic E-state index is 0.118. The average molecular weight is 238 g/mol. The Bertz CT molecular complexity index is 317. The van der Waals surface area contributed by atoms with Crippen LogP contribution in [0.15, 0.2) is 11.1 Å². The van der Waals surface area contributed by atoms with E-state index >= 15 is 0 Å². The minimum Gasteiger partial charge on any atom is -0.393 e. The van der Waals surface area contributed by atoms with Crippen molar-refractivity contribution in [2.45, 2.75) is 58.5 Å². The molecular formula is C15H26O2. The number of hydrogen-bond donors (Lipinski definition) is 2. The smallest absolute Gasteiger partial charge is 0.0877 e. The predicted octanol–water partition coefficient (Wildman–Crippen LogP) is 2.89. The van der Waals surface area contributed by atoms with Crippen molar-refractivity contribution < 1.29 is 10.2 Å². The van der Waals surface area contributed by atoms with Crippen molar-refractivity contribution in [2.75, 3.05) is 6.61 Å². The van der Waals surface area contributed by atoms with Crippen LogP contribution in [0, 0.1) is 17.8 Å². The molecule has 0 aromatic rings. The summed E-state index contributed by atoms with van der Waals surface area (Å²) in [5.74, 6) is 1.64. The summed E-state index contributed by atoms with van der Waals surface area (Å²) >= 11 is 0. The molecule has 0 radical (unpaired) electrons. The lowest BCUT2D eigenvalue weighted by Gasteiger charge is -2.33.